The summed E-state index contributed by atoms with van der Waals surface area (Å²) in [5.74, 6) is 1.16. The van der Waals surface area contributed by atoms with Crippen LogP contribution in [-0.2, 0) is 5.88 Å². The molecule has 1 aromatic carbocycles. The summed E-state index contributed by atoms with van der Waals surface area (Å²) in [5.41, 5.74) is 1.33. The van der Waals surface area contributed by atoms with Crippen molar-refractivity contribution in [3.05, 3.63) is 36.0 Å². The van der Waals surface area contributed by atoms with E-state index >= 15 is 0 Å². The average Bonchev–Trinajstić information content (AvgIpc) is 2.49. The maximum absolute atomic E-state index is 6.23. The molecule has 0 N–H and O–H groups in total. The van der Waals surface area contributed by atoms with Crippen molar-refractivity contribution >= 4 is 22.4 Å². The molecule has 0 spiro atoms. The van der Waals surface area contributed by atoms with Crippen LogP contribution in [0.1, 0.15) is 45.2 Å². The van der Waals surface area contributed by atoms with Gasteiger partial charge in [0, 0.05) is 5.39 Å². The highest BCUT2D eigenvalue weighted by Crippen LogP contribution is 2.37. The Morgan fingerprint density at radius 1 is 1.24 bits per heavy atom. The summed E-state index contributed by atoms with van der Waals surface area (Å²) < 4.78 is 6.23. The topological polar surface area (TPSA) is 22.1 Å². The fourth-order valence-electron chi connectivity index (χ4n) is 3.03. The number of hydrogen-bond donors (Lipinski definition) is 0. The second-order valence-corrected chi connectivity index (χ2v) is 7.02. The molecule has 2 nitrogen and oxygen atoms in total. The fraction of sp³-hybridized carbons (Fsp3) is 0.500. The van der Waals surface area contributed by atoms with Gasteiger partial charge in [0.05, 0.1) is 11.6 Å². The minimum absolute atomic E-state index is 0.277. The largest absolute Gasteiger partial charge is 0.474 e. The molecule has 21 heavy (non-hydrogen) atoms. The number of halogens is 1. The van der Waals surface area contributed by atoms with Crippen molar-refractivity contribution in [3.63, 3.8) is 0 Å². The van der Waals surface area contributed by atoms with Crippen LogP contribution in [0.15, 0.2) is 30.3 Å². The lowest BCUT2D eigenvalue weighted by molar-refractivity contribution is 0.0962. The van der Waals surface area contributed by atoms with Crippen molar-refractivity contribution in [2.24, 2.45) is 5.41 Å². The zero-order valence-corrected chi connectivity index (χ0v) is 13.5. The van der Waals surface area contributed by atoms with Gasteiger partial charge < -0.3 is 4.74 Å². The summed E-state index contributed by atoms with van der Waals surface area (Å²) in [6.45, 7) is 4.68. The minimum Gasteiger partial charge on any atom is -0.474 e. The molecule has 112 valence electrons. The first-order chi connectivity index (χ1) is 10.1. The van der Waals surface area contributed by atoms with E-state index in [0.29, 0.717) is 11.3 Å². The highest BCUT2D eigenvalue weighted by Gasteiger charge is 2.28. The first-order valence-electron chi connectivity index (χ1n) is 7.69. The number of hydrogen-bond acceptors (Lipinski definition) is 2. The molecule has 0 saturated heterocycles. The van der Waals surface area contributed by atoms with Gasteiger partial charge in [-0.15, -0.1) is 11.6 Å². The predicted octanol–water partition coefficient (Wildman–Crippen LogP) is 5.32. The van der Waals surface area contributed by atoms with Crippen LogP contribution in [0.5, 0.6) is 5.88 Å². The third-order valence-electron chi connectivity index (χ3n) is 4.46. The molecule has 1 fully saturated rings. The third-order valence-corrected chi connectivity index (χ3v) is 4.73. The molecule has 0 atom stereocenters. The van der Waals surface area contributed by atoms with E-state index in [4.69, 9.17) is 16.3 Å². The number of benzene rings is 1. The molecule has 1 heterocycles. The van der Waals surface area contributed by atoms with E-state index in [1.54, 1.807) is 0 Å². The zero-order chi connectivity index (χ0) is 14.9. The SMILES string of the molecule is CC1(C)CCC(Oc2nc(CCl)cc3ccccc23)CC1. The lowest BCUT2D eigenvalue weighted by Crippen LogP contribution is -2.28. The standard InChI is InChI=1S/C18H22ClNO/c1-18(2)9-7-15(8-10-18)21-17-16-6-4-3-5-13(16)11-14(12-19)20-17/h3-6,11,15H,7-10,12H2,1-2H3. The second kappa shape index (κ2) is 5.84. The van der Waals surface area contributed by atoms with Crippen LogP contribution >= 0.6 is 11.6 Å². The van der Waals surface area contributed by atoms with E-state index in [2.05, 4.69) is 31.0 Å². The Bertz CT molecular complexity index is 628. The Morgan fingerprint density at radius 2 is 1.95 bits per heavy atom. The summed E-state index contributed by atoms with van der Waals surface area (Å²) >= 11 is 5.96. The van der Waals surface area contributed by atoms with Crippen molar-refractivity contribution in [3.8, 4) is 5.88 Å². The Hall–Kier alpha value is -1.28. The number of fused-ring (bicyclic) bond motifs is 1. The van der Waals surface area contributed by atoms with Crippen molar-refractivity contribution in [1.82, 2.24) is 4.98 Å². The third kappa shape index (κ3) is 3.32. The predicted molar refractivity (Wildman–Crippen MR) is 88.0 cm³/mol. The monoisotopic (exact) mass is 303 g/mol. The van der Waals surface area contributed by atoms with Crippen LogP contribution in [0.4, 0.5) is 0 Å². The number of aromatic nitrogens is 1. The molecule has 0 bridgehead atoms. The molecule has 0 amide bonds. The number of nitrogens with zero attached hydrogens (tertiary/aromatic N) is 1. The molecule has 3 rings (SSSR count). The van der Waals surface area contributed by atoms with E-state index < -0.39 is 0 Å². The first-order valence-corrected chi connectivity index (χ1v) is 8.22. The van der Waals surface area contributed by atoms with E-state index in [1.165, 1.54) is 12.8 Å². The van der Waals surface area contributed by atoms with Gasteiger partial charge >= 0.3 is 0 Å². The summed E-state index contributed by atoms with van der Waals surface area (Å²) in [5, 5.41) is 2.23. The molecular formula is C18H22ClNO. The zero-order valence-electron chi connectivity index (χ0n) is 12.7. The van der Waals surface area contributed by atoms with Crippen LogP contribution in [0.2, 0.25) is 0 Å². The second-order valence-electron chi connectivity index (χ2n) is 6.75. The van der Waals surface area contributed by atoms with Crippen molar-refractivity contribution in [2.45, 2.75) is 51.5 Å². The van der Waals surface area contributed by atoms with Crippen LogP contribution in [0.25, 0.3) is 10.8 Å². The Labute approximate surface area is 131 Å². The normalized spacial score (nSPS) is 18.8. The highest BCUT2D eigenvalue weighted by molar-refractivity contribution is 6.17. The van der Waals surface area contributed by atoms with Gasteiger partial charge in [0.1, 0.15) is 6.10 Å². The number of pyridine rings is 1. The van der Waals surface area contributed by atoms with Gasteiger partial charge in [-0.3, -0.25) is 0 Å². The summed E-state index contributed by atoms with van der Waals surface area (Å²) in [6, 6.07) is 10.3. The van der Waals surface area contributed by atoms with E-state index in [0.717, 1.165) is 35.2 Å². The van der Waals surface area contributed by atoms with Crippen LogP contribution in [-0.4, -0.2) is 11.1 Å². The van der Waals surface area contributed by atoms with Gasteiger partial charge in [-0.1, -0.05) is 32.0 Å². The summed E-state index contributed by atoms with van der Waals surface area (Å²) in [6.07, 6.45) is 4.91. The molecule has 0 aliphatic heterocycles. The van der Waals surface area contributed by atoms with E-state index in [-0.39, 0.29) is 6.10 Å². The lowest BCUT2D eigenvalue weighted by Gasteiger charge is -2.34. The van der Waals surface area contributed by atoms with Crippen LogP contribution in [0.3, 0.4) is 0 Å². The van der Waals surface area contributed by atoms with Crippen LogP contribution < -0.4 is 4.74 Å². The summed E-state index contributed by atoms with van der Waals surface area (Å²) in [7, 11) is 0. The molecule has 3 heteroatoms. The first kappa shape index (κ1) is 14.6. The van der Waals surface area contributed by atoms with E-state index in [1.807, 2.05) is 18.2 Å². The van der Waals surface area contributed by atoms with Crippen molar-refractivity contribution in [1.29, 1.82) is 0 Å². The van der Waals surface area contributed by atoms with Gasteiger partial charge in [0.25, 0.3) is 0 Å². The molecule has 1 aliphatic rings. The molecular weight excluding hydrogens is 282 g/mol. The fourth-order valence-corrected chi connectivity index (χ4v) is 3.16. The molecule has 0 radical (unpaired) electrons. The highest BCUT2D eigenvalue weighted by atomic mass is 35.5. The lowest BCUT2D eigenvalue weighted by atomic mass is 9.76. The van der Waals surface area contributed by atoms with Crippen molar-refractivity contribution < 1.29 is 4.74 Å². The molecule has 1 aromatic heterocycles. The molecule has 0 unspecified atom stereocenters. The number of ether oxygens (including phenoxy) is 1. The Kier molecular flexibility index (Phi) is 4.08. The van der Waals surface area contributed by atoms with Gasteiger partial charge in [-0.25, -0.2) is 4.98 Å². The number of alkyl halides is 1. The van der Waals surface area contributed by atoms with E-state index in [9.17, 15) is 0 Å². The Morgan fingerprint density at radius 3 is 2.67 bits per heavy atom. The summed E-state index contributed by atoms with van der Waals surface area (Å²) in [4.78, 5) is 4.60. The molecule has 2 aromatic rings. The van der Waals surface area contributed by atoms with Gasteiger partial charge in [-0.05, 0) is 48.6 Å². The molecule has 1 aliphatic carbocycles. The average molecular weight is 304 g/mol. The smallest absolute Gasteiger partial charge is 0.221 e. The maximum Gasteiger partial charge on any atom is 0.221 e. The molecule has 1 saturated carbocycles. The minimum atomic E-state index is 0.277. The Balaban J connectivity index is 1.86. The maximum atomic E-state index is 6.23. The quantitative estimate of drug-likeness (QED) is 0.716. The van der Waals surface area contributed by atoms with Gasteiger partial charge in [0.2, 0.25) is 5.88 Å². The van der Waals surface area contributed by atoms with Gasteiger partial charge in [-0.2, -0.15) is 0 Å². The van der Waals surface area contributed by atoms with Crippen molar-refractivity contribution in [2.75, 3.05) is 0 Å². The van der Waals surface area contributed by atoms with Crippen LogP contribution in [0, 0.1) is 5.41 Å². The van der Waals surface area contributed by atoms with Gasteiger partial charge in [0.15, 0.2) is 0 Å². The number of rotatable bonds is 3.